The van der Waals surface area contributed by atoms with Gasteiger partial charge in [-0.1, -0.05) is 0 Å². The molecule has 0 bridgehead atoms. The zero-order valence-corrected chi connectivity index (χ0v) is 11.7. The Kier molecular flexibility index (Phi) is 3.10. The first kappa shape index (κ1) is 12.3. The molecule has 6 heteroatoms. The van der Waals surface area contributed by atoms with E-state index < -0.39 is 0 Å². The van der Waals surface area contributed by atoms with Gasteiger partial charge in [0.15, 0.2) is 6.39 Å². The SMILES string of the molecule is Cc1nc2c(s1)CCC[C@@H]2NC(=O)c1ocnc1C. The van der Waals surface area contributed by atoms with Crippen molar-refractivity contribution in [2.45, 2.75) is 39.2 Å². The van der Waals surface area contributed by atoms with Crippen LogP contribution in [0.4, 0.5) is 0 Å². The predicted octanol–water partition coefficient (Wildman–Crippen LogP) is 2.56. The second-order valence-corrected chi connectivity index (χ2v) is 6.01. The molecule has 0 unspecified atom stereocenters. The summed E-state index contributed by atoms with van der Waals surface area (Å²) in [6, 6.07) is -0.00861. The minimum absolute atomic E-state index is 0.00861. The number of hydrogen-bond donors (Lipinski definition) is 1. The summed E-state index contributed by atoms with van der Waals surface area (Å²) in [5.74, 6) is 0.0811. The average Bonchev–Trinajstić information content (AvgIpc) is 2.94. The molecule has 1 N–H and O–H groups in total. The molecule has 0 aromatic carbocycles. The van der Waals surface area contributed by atoms with E-state index in [2.05, 4.69) is 15.3 Å². The number of thiazole rings is 1. The van der Waals surface area contributed by atoms with E-state index in [0.717, 1.165) is 30.0 Å². The van der Waals surface area contributed by atoms with Gasteiger partial charge in [0.1, 0.15) is 0 Å². The van der Waals surface area contributed by atoms with Crippen LogP contribution in [-0.2, 0) is 6.42 Å². The highest BCUT2D eigenvalue weighted by molar-refractivity contribution is 7.11. The summed E-state index contributed by atoms with van der Waals surface area (Å²) < 4.78 is 5.12. The Morgan fingerprint density at radius 3 is 3.11 bits per heavy atom. The third-order valence-corrected chi connectivity index (χ3v) is 4.36. The van der Waals surface area contributed by atoms with Crippen LogP contribution in [0, 0.1) is 13.8 Å². The molecule has 0 saturated carbocycles. The van der Waals surface area contributed by atoms with Crippen LogP contribution in [0.25, 0.3) is 0 Å². The van der Waals surface area contributed by atoms with Crippen molar-refractivity contribution in [3.8, 4) is 0 Å². The second-order valence-electron chi connectivity index (χ2n) is 4.73. The van der Waals surface area contributed by atoms with Crippen LogP contribution in [0.1, 0.15) is 50.7 Å². The molecular formula is C13H15N3O2S. The van der Waals surface area contributed by atoms with Crippen molar-refractivity contribution in [2.24, 2.45) is 0 Å². The van der Waals surface area contributed by atoms with Gasteiger partial charge in [0, 0.05) is 4.88 Å². The average molecular weight is 277 g/mol. The van der Waals surface area contributed by atoms with Crippen molar-refractivity contribution in [2.75, 3.05) is 0 Å². The maximum absolute atomic E-state index is 12.1. The predicted molar refractivity (Wildman–Crippen MR) is 71.2 cm³/mol. The maximum Gasteiger partial charge on any atom is 0.289 e. The fourth-order valence-corrected chi connectivity index (χ4v) is 3.46. The highest BCUT2D eigenvalue weighted by Crippen LogP contribution is 2.33. The third kappa shape index (κ3) is 2.28. The highest BCUT2D eigenvalue weighted by atomic mass is 32.1. The molecule has 19 heavy (non-hydrogen) atoms. The van der Waals surface area contributed by atoms with E-state index in [1.807, 2.05) is 6.92 Å². The van der Waals surface area contributed by atoms with Crippen LogP contribution in [0.2, 0.25) is 0 Å². The number of nitrogens with zero attached hydrogens (tertiary/aromatic N) is 2. The number of hydrogen-bond acceptors (Lipinski definition) is 5. The molecule has 2 heterocycles. The van der Waals surface area contributed by atoms with Crippen molar-refractivity contribution >= 4 is 17.2 Å². The Morgan fingerprint density at radius 1 is 1.53 bits per heavy atom. The van der Waals surface area contributed by atoms with Crippen LogP contribution in [0.5, 0.6) is 0 Å². The lowest BCUT2D eigenvalue weighted by molar-refractivity contribution is 0.0903. The third-order valence-electron chi connectivity index (χ3n) is 3.32. The Hall–Kier alpha value is -1.69. The van der Waals surface area contributed by atoms with Crippen molar-refractivity contribution in [3.63, 3.8) is 0 Å². The fourth-order valence-electron chi connectivity index (χ4n) is 2.42. The summed E-state index contributed by atoms with van der Waals surface area (Å²) in [4.78, 5) is 21.9. The van der Waals surface area contributed by atoms with Crippen LogP contribution in [0.3, 0.4) is 0 Å². The molecule has 3 rings (SSSR count). The first-order chi connectivity index (χ1) is 9.15. The van der Waals surface area contributed by atoms with Crippen molar-refractivity contribution < 1.29 is 9.21 Å². The van der Waals surface area contributed by atoms with E-state index in [9.17, 15) is 4.79 Å². The monoisotopic (exact) mass is 277 g/mol. The molecule has 0 fully saturated rings. The van der Waals surface area contributed by atoms with Gasteiger partial charge in [-0.25, -0.2) is 9.97 Å². The molecule has 0 saturated heterocycles. The lowest BCUT2D eigenvalue weighted by Crippen LogP contribution is -2.31. The molecule has 1 atom stereocenters. The molecule has 2 aromatic heterocycles. The van der Waals surface area contributed by atoms with Gasteiger partial charge in [-0.15, -0.1) is 11.3 Å². The van der Waals surface area contributed by atoms with Gasteiger partial charge in [0.05, 0.1) is 22.4 Å². The molecule has 1 amide bonds. The van der Waals surface area contributed by atoms with Gasteiger partial charge in [-0.2, -0.15) is 0 Å². The second kappa shape index (κ2) is 4.77. The lowest BCUT2D eigenvalue weighted by Gasteiger charge is -2.21. The summed E-state index contributed by atoms with van der Waals surface area (Å²) in [6.07, 6.45) is 4.36. The van der Waals surface area contributed by atoms with Crippen molar-refractivity contribution in [3.05, 3.63) is 33.4 Å². The van der Waals surface area contributed by atoms with E-state index in [4.69, 9.17) is 4.42 Å². The van der Waals surface area contributed by atoms with Crippen LogP contribution >= 0.6 is 11.3 Å². The molecular weight excluding hydrogens is 262 g/mol. The maximum atomic E-state index is 12.1. The number of nitrogens with one attached hydrogen (secondary N) is 1. The molecule has 0 aliphatic heterocycles. The van der Waals surface area contributed by atoms with Gasteiger partial charge in [0.2, 0.25) is 5.76 Å². The first-order valence-electron chi connectivity index (χ1n) is 6.32. The molecule has 2 aromatic rings. The summed E-state index contributed by atoms with van der Waals surface area (Å²) in [6.45, 7) is 3.76. The van der Waals surface area contributed by atoms with Crippen molar-refractivity contribution in [1.29, 1.82) is 0 Å². The molecule has 0 spiro atoms. The topological polar surface area (TPSA) is 68.0 Å². The largest absolute Gasteiger partial charge is 0.438 e. The fraction of sp³-hybridized carbons (Fsp3) is 0.462. The molecule has 5 nitrogen and oxygen atoms in total. The Balaban J connectivity index is 1.81. The Bertz CT molecular complexity index is 617. The molecule has 100 valence electrons. The summed E-state index contributed by atoms with van der Waals surface area (Å²) in [5.41, 5.74) is 1.64. The van der Waals surface area contributed by atoms with E-state index in [1.54, 1.807) is 18.3 Å². The zero-order chi connectivity index (χ0) is 13.4. The normalized spacial score (nSPS) is 18.1. The molecule has 1 aliphatic rings. The number of carbonyl (C=O) groups excluding carboxylic acids is 1. The van der Waals surface area contributed by atoms with E-state index in [0.29, 0.717) is 11.5 Å². The van der Waals surface area contributed by atoms with Gasteiger partial charge in [-0.3, -0.25) is 4.79 Å². The van der Waals surface area contributed by atoms with Crippen molar-refractivity contribution in [1.82, 2.24) is 15.3 Å². The smallest absolute Gasteiger partial charge is 0.289 e. The summed E-state index contributed by atoms with van der Waals surface area (Å²) in [7, 11) is 0. The number of oxazole rings is 1. The van der Waals surface area contributed by atoms with Crippen LogP contribution in [-0.4, -0.2) is 15.9 Å². The van der Waals surface area contributed by atoms with Crippen LogP contribution in [0.15, 0.2) is 10.8 Å². The molecule has 0 radical (unpaired) electrons. The lowest BCUT2D eigenvalue weighted by atomic mass is 9.97. The van der Waals surface area contributed by atoms with E-state index in [-0.39, 0.29) is 11.9 Å². The summed E-state index contributed by atoms with van der Waals surface area (Å²) in [5, 5.41) is 4.06. The Morgan fingerprint density at radius 2 is 2.37 bits per heavy atom. The number of rotatable bonds is 2. The number of aromatic nitrogens is 2. The number of carbonyl (C=O) groups is 1. The Labute approximate surface area is 115 Å². The number of amides is 1. The highest BCUT2D eigenvalue weighted by Gasteiger charge is 2.27. The first-order valence-corrected chi connectivity index (χ1v) is 7.14. The molecule has 1 aliphatic carbocycles. The quantitative estimate of drug-likeness (QED) is 0.916. The van der Waals surface area contributed by atoms with Gasteiger partial charge in [0.25, 0.3) is 5.91 Å². The number of aryl methyl sites for hydroxylation is 3. The van der Waals surface area contributed by atoms with E-state index >= 15 is 0 Å². The minimum atomic E-state index is -0.210. The van der Waals surface area contributed by atoms with Gasteiger partial charge >= 0.3 is 0 Å². The van der Waals surface area contributed by atoms with Gasteiger partial charge < -0.3 is 9.73 Å². The zero-order valence-electron chi connectivity index (χ0n) is 10.9. The van der Waals surface area contributed by atoms with Gasteiger partial charge in [-0.05, 0) is 33.1 Å². The van der Waals surface area contributed by atoms with Crippen LogP contribution < -0.4 is 5.32 Å². The number of fused-ring (bicyclic) bond motifs is 1. The summed E-state index contributed by atoms with van der Waals surface area (Å²) >= 11 is 1.72. The standard InChI is InChI=1S/C13H15N3O2S/c1-7-12(18-6-14-7)13(17)16-9-4-3-5-10-11(9)15-8(2)19-10/h6,9H,3-5H2,1-2H3,(H,16,17)/t9-/m0/s1. The van der Waals surface area contributed by atoms with E-state index in [1.165, 1.54) is 11.3 Å². The minimum Gasteiger partial charge on any atom is -0.438 e.